The van der Waals surface area contributed by atoms with Crippen molar-refractivity contribution in [2.75, 3.05) is 6.54 Å². The highest BCUT2D eigenvalue weighted by molar-refractivity contribution is 7.89. The van der Waals surface area contributed by atoms with E-state index >= 15 is 0 Å². The van der Waals surface area contributed by atoms with Crippen molar-refractivity contribution in [3.63, 3.8) is 0 Å². The van der Waals surface area contributed by atoms with Crippen molar-refractivity contribution >= 4 is 16.0 Å². The molecular weight excluding hydrogens is 278 g/mol. The Morgan fingerprint density at radius 1 is 1.30 bits per heavy atom. The molecule has 0 spiro atoms. The smallest absolute Gasteiger partial charge is 0.322 e. The summed E-state index contributed by atoms with van der Waals surface area (Å²) < 4.78 is 26.6. The molecule has 0 radical (unpaired) electrons. The van der Waals surface area contributed by atoms with Crippen LogP contribution in [0.2, 0.25) is 0 Å². The Labute approximate surface area is 119 Å². The van der Waals surface area contributed by atoms with Crippen molar-refractivity contribution < 1.29 is 18.3 Å². The molecule has 0 aliphatic carbocycles. The minimum absolute atomic E-state index is 0.214. The summed E-state index contributed by atoms with van der Waals surface area (Å²) in [7, 11) is -3.76. The van der Waals surface area contributed by atoms with Gasteiger partial charge in [0.05, 0.1) is 4.90 Å². The van der Waals surface area contributed by atoms with Crippen LogP contribution in [0.1, 0.15) is 30.4 Å². The van der Waals surface area contributed by atoms with Gasteiger partial charge in [0.15, 0.2) is 0 Å². The largest absolute Gasteiger partial charge is 0.480 e. The quantitative estimate of drug-likeness (QED) is 0.925. The van der Waals surface area contributed by atoms with E-state index in [1.165, 1.54) is 0 Å². The van der Waals surface area contributed by atoms with Crippen LogP contribution in [0.5, 0.6) is 0 Å². The highest BCUT2D eigenvalue weighted by Crippen LogP contribution is 2.27. The molecule has 0 saturated carbocycles. The molecular formula is C14H19NO4S. The molecule has 0 bridgehead atoms. The van der Waals surface area contributed by atoms with Crippen LogP contribution in [0.25, 0.3) is 0 Å². The number of benzene rings is 1. The van der Waals surface area contributed by atoms with E-state index in [-0.39, 0.29) is 11.4 Å². The van der Waals surface area contributed by atoms with Gasteiger partial charge in [-0.3, -0.25) is 4.79 Å². The van der Waals surface area contributed by atoms with Crippen molar-refractivity contribution in [3.05, 3.63) is 29.3 Å². The summed E-state index contributed by atoms with van der Waals surface area (Å²) in [5, 5.41) is 9.24. The number of hydrogen-bond donors (Lipinski definition) is 1. The molecule has 0 aromatic heterocycles. The maximum Gasteiger partial charge on any atom is 0.322 e. The molecule has 0 unspecified atom stereocenters. The van der Waals surface area contributed by atoms with Crippen LogP contribution in [-0.4, -0.2) is 36.4 Å². The molecule has 1 aromatic rings. The Kier molecular flexibility index (Phi) is 4.15. The summed E-state index contributed by atoms with van der Waals surface area (Å²) >= 11 is 0. The number of sulfonamides is 1. The first-order chi connectivity index (χ1) is 9.34. The van der Waals surface area contributed by atoms with Crippen LogP contribution in [0.4, 0.5) is 0 Å². The lowest BCUT2D eigenvalue weighted by atomic mass is 10.1. The SMILES string of the molecule is Cc1ccc(C)c(S(=O)(=O)N2CCCC[C@H]2C(=O)O)c1. The molecule has 6 heteroatoms. The second-order valence-electron chi connectivity index (χ2n) is 5.23. The summed E-state index contributed by atoms with van der Waals surface area (Å²) in [4.78, 5) is 11.5. The number of piperidine rings is 1. The fourth-order valence-corrected chi connectivity index (χ4v) is 4.51. The third-order valence-corrected chi connectivity index (χ3v) is 5.72. The zero-order valence-electron chi connectivity index (χ0n) is 11.7. The van der Waals surface area contributed by atoms with Gasteiger partial charge in [0, 0.05) is 6.54 Å². The van der Waals surface area contributed by atoms with Crippen LogP contribution < -0.4 is 0 Å². The molecule has 1 fully saturated rings. The number of carbonyl (C=O) groups is 1. The minimum Gasteiger partial charge on any atom is -0.480 e. The van der Waals surface area contributed by atoms with Crippen molar-refractivity contribution in [3.8, 4) is 0 Å². The lowest BCUT2D eigenvalue weighted by Gasteiger charge is -2.32. The third-order valence-electron chi connectivity index (χ3n) is 3.67. The number of carboxylic acids is 1. The maximum absolute atomic E-state index is 12.7. The molecule has 5 nitrogen and oxygen atoms in total. The van der Waals surface area contributed by atoms with Crippen LogP contribution in [0.15, 0.2) is 23.1 Å². The van der Waals surface area contributed by atoms with E-state index in [0.29, 0.717) is 18.4 Å². The fourth-order valence-electron chi connectivity index (χ4n) is 2.55. The Morgan fingerprint density at radius 3 is 2.65 bits per heavy atom. The van der Waals surface area contributed by atoms with Crippen molar-refractivity contribution in [1.29, 1.82) is 0 Å². The van der Waals surface area contributed by atoms with Gasteiger partial charge in [0.25, 0.3) is 0 Å². The van der Waals surface area contributed by atoms with E-state index in [0.717, 1.165) is 16.3 Å². The van der Waals surface area contributed by atoms with E-state index in [1.54, 1.807) is 19.1 Å². The van der Waals surface area contributed by atoms with E-state index < -0.39 is 22.0 Å². The van der Waals surface area contributed by atoms with E-state index in [2.05, 4.69) is 0 Å². The van der Waals surface area contributed by atoms with Crippen molar-refractivity contribution in [2.45, 2.75) is 44.0 Å². The lowest BCUT2D eigenvalue weighted by Crippen LogP contribution is -2.47. The van der Waals surface area contributed by atoms with Gasteiger partial charge in [-0.1, -0.05) is 12.1 Å². The Bertz CT molecular complexity index is 624. The predicted octanol–water partition coefficient (Wildman–Crippen LogP) is 1.93. The molecule has 1 aliphatic rings. The number of hydrogen-bond acceptors (Lipinski definition) is 3. The molecule has 2 rings (SSSR count). The van der Waals surface area contributed by atoms with Crippen LogP contribution in [-0.2, 0) is 14.8 Å². The summed E-state index contributed by atoms with van der Waals surface area (Å²) in [6, 6.07) is 4.26. The van der Waals surface area contributed by atoms with Gasteiger partial charge in [0.1, 0.15) is 6.04 Å². The van der Waals surface area contributed by atoms with Crippen molar-refractivity contribution in [2.24, 2.45) is 0 Å². The zero-order valence-corrected chi connectivity index (χ0v) is 12.5. The van der Waals surface area contributed by atoms with E-state index in [4.69, 9.17) is 0 Å². The van der Waals surface area contributed by atoms with Gasteiger partial charge in [-0.05, 0) is 50.3 Å². The minimum atomic E-state index is -3.76. The van der Waals surface area contributed by atoms with E-state index in [1.807, 2.05) is 13.0 Å². The molecule has 20 heavy (non-hydrogen) atoms. The first-order valence-corrected chi connectivity index (χ1v) is 8.10. The average Bonchev–Trinajstić information content (AvgIpc) is 2.41. The Morgan fingerprint density at radius 2 is 2.00 bits per heavy atom. The molecule has 1 atom stereocenters. The third kappa shape index (κ3) is 2.71. The number of aliphatic carboxylic acids is 1. The second-order valence-corrected chi connectivity index (χ2v) is 7.09. The first-order valence-electron chi connectivity index (χ1n) is 6.66. The summed E-state index contributed by atoms with van der Waals surface area (Å²) in [6.45, 7) is 3.82. The number of rotatable bonds is 3. The molecule has 0 amide bonds. The van der Waals surface area contributed by atoms with Gasteiger partial charge < -0.3 is 5.11 Å². The van der Waals surface area contributed by atoms with Crippen LogP contribution >= 0.6 is 0 Å². The van der Waals surface area contributed by atoms with E-state index in [9.17, 15) is 18.3 Å². The summed E-state index contributed by atoms with van der Waals surface area (Å²) in [5.74, 6) is -1.07. The molecule has 1 saturated heterocycles. The van der Waals surface area contributed by atoms with Gasteiger partial charge in [-0.15, -0.1) is 0 Å². The molecule has 1 N–H and O–H groups in total. The van der Waals surface area contributed by atoms with Gasteiger partial charge in [-0.25, -0.2) is 8.42 Å². The van der Waals surface area contributed by atoms with Gasteiger partial charge in [-0.2, -0.15) is 4.31 Å². The Hall–Kier alpha value is -1.40. The van der Waals surface area contributed by atoms with Crippen molar-refractivity contribution in [1.82, 2.24) is 4.31 Å². The van der Waals surface area contributed by atoms with Crippen LogP contribution in [0, 0.1) is 13.8 Å². The highest BCUT2D eigenvalue weighted by atomic mass is 32.2. The number of nitrogens with zero attached hydrogens (tertiary/aromatic N) is 1. The molecule has 1 heterocycles. The summed E-state index contributed by atoms with van der Waals surface area (Å²) in [6.07, 6.45) is 1.82. The summed E-state index contributed by atoms with van der Waals surface area (Å²) in [5.41, 5.74) is 1.49. The molecule has 110 valence electrons. The average molecular weight is 297 g/mol. The normalized spacial score (nSPS) is 20.8. The molecule has 1 aliphatic heterocycles. The van der Waals surface area contributed by atoms with Crippen LogP contribution in [0.3, 0.4) is 0 Å². The monoisotopic (exact) mass is 297 g/mol. The lowest BCUT2D eigenvalue weighted by molar-refractivity contribution is -0.142. The number of carboxylic acid groups (broad SMARTS) is 1. The highest BCUT2D eigenvalue weighted by Gasteiger charge is 2.38. The van der Waals surface area contributed by atoms with Gasteiger partial charge in [0.2, 0.25) is 10.0 Å². The number of aryl methyl sites for hydroxylation is 2. The van der Waals surface area contributed by atoms with Gasteiger partial charge >= 0.3 is 5.97 Å². The Balaban J connectivity index is 2.47. The zero-order chi connectivity index (χ0) is 14.9. The maximum atomic E-state index is 12.7. The first kappa shape index (κ1) is 15.0. The predicted molar refractivity (Wildman–Crippen MR) is 75.1 cm³/mol. The fraction of sp³-hybridized carbons (Fsp3) is 0.500. The second kappa shape index (κ2) is 5.54. The topological polar surface area (TPSA) is 74.7 Å². The standard InChI is InChI=1S/C14H19NO4S/c1-10-6-7-11(2)13(9-10)20(18,19)15-8-4-3-5-12(15)14(16)17/h6-7,9,12H,3-5,8H2,1-2H3,(H,16,17)/t12-/m0/s1. The molecule has 1 aromatic carbocycles.